The third kappa shape index (κ3) is 2.77. The lowest BCUT2D eigenvalue weighted by atomic mass is 10.2. The van der Waals surface area contributed by atoms with Crippen molar-refractivity contribution in [3.8, 4) is 0 Å². The number of anilines is 3. The normalized spacial score (nSPS) is 10.3. The minimum Gasteiger partial charge on any atom is -0.368 e. The highest BCUT2D eigenvalue weighted by molar-refractivity contribution is 6.33. The number of halogens is 1. The number of aryl methyl sites for hydroxylation is 2. The van der Waals surface area contributed by atoms with Crippen LogP contribution in [0.15, 0.2) is 18.2 Å². The lowest BCUT2D eigenvalue weighted by molar-refractivity contribution is -0.385. The van der Waals surface area contributed by atoms with Crippen molar-refractivity contribution in [3.05, 3.63) is 44.6 Å². The first kappa shape index (κ1) is 14.0. The van der Waals surface area contributed by atoms with E-state index < -0.39 is 4.92 Å². The number of nitro groups is 1. The van der Waals surface area contributed by atoms with Crippen LogP contribution < -0.4 is 11.1 Å². The molecule has 20 heavy (non-hydrogen) atoms. The van der Waals surface area contributed by atoms with Gasteiger partial charge in [-0.25, -0.2) is 4.98 Å². The summed E-state index contributed by atoms with van der Waals surface area (Å²) in [5.74, 6) is -0.0235. The second-order valence-electron chi connectivity index (χ2n) is 4.23. The van der Waals surface area contributed by atoms with Crippen LogP contribution in [-0.4, -0.2) is 14.9 Å². The fraction of sp³-hybridized carbons (Fsp3) is 0.167. The zero-order valence-electron chi connectivity index (χ0n) is 10.8. The van der Waals surface area contributed by atoms with Gasteiger partial charge in [-0.2, -0.15) is 4.98 Å². The molecule has 7 nitrogen and oxygen atoms in total. The third-order valence-corrected chi connectivity index (χ3v) is 2.95. The maximum absolute atomic E-state index is 11.1. The van der Waals surface area contributed by atoms with Gasteiger partial charge in [0.25, 0.3) is 0 Å². The summed E-state index contributed by atoms with van der Waals surface area (Å²) in [5.41, 5.74) is 6.98. The van der Waals surface area contributed by atoms with Crippen LogP contribution in [-0.2, 0) is 0 Å². The summed E-state index contributed by atoms with van der Waals surface area (Å²) in [7, 11) is 0. The summed E-state index contributed by atoms with van der Waals surface area (Å²) >= 11 is 6.08. The van der Waals surface area contributed by atoms with Gasteiger partial charge in [0.1, 0.15) is 5.69 Å². The van der Waals surface area contributed by atoms with Crippen molar-refractivity contribution >= 4 is 34.7 Å². The van der Waals surface area contributed by atoms with Crippen LogP contribution >= 0.6 is 11.6 Å². The molecule has 1 heterocycles. The molecule has 0 atom stereocenters. The van der Waals surface area contributed by atoms with Gasteiger partial charge in [-0.15, -0.1) is 0 Å². The monoisotopic (exact) mass is 293 g/mol. The van der Waals surface area contributed by atoms with Gasteiger partial charge in [-0.3, -0.25) is 10.1 Å². The molecule has 0 bridgehead atoms. The molecule has 0 saturated heterocycles. The Morgan fingerprint density at radius 2 is 2.05 bits per heavy atom. The van der Waals surface area contributed by atoms with E-state index in [0.717, 1.165) is 5.56 Å². The smallest absolute Gasteiger partial charge is 0.332 e. The molecule has 8 heteroatoms. The molecule has 0 fully saturated rings. The molecule has 0 aliphatic rings. The molecule has 2 aromatic rings. The first-order valence-corrected chi connectivity index (χ1v) is 6.08. The van der Waals surface area contributed by atoms with E-state index in [2.05, 4.69) is 15.3 Å². The molecule has 0 aliphatic heterocycles. The number of aromatic nitrogens is 2. The largest absolute Gasteiger partial charge is 0.368 e. The van der Waals surface area contributed by atoms with Crippen LogP contribution in [0.1, 0.15) is 11.3 Å². The van der Waals surface area contributed by atoms with E-state index in [1.54, 1.807) is 12.1 Å². The second-order valence-corrected chi connectivity index (χ2v) is 4.64. The van der Waals surface area contributed by atoms with Crippen LogP contribution in [0, 0.1) is 24.0 Å². The Labute approximate surface area is 120 Å². The molecular weight excluding hydrogens is 282 g/mol. The van der Waals surface area contributed by atoms with E-state index in [9.17, 15) is 10.1 Å². The molecule has 0 aliphatic carbocycles. The molecular formula is C12H12ClN5O2. The van der Waals surface area contributed by atoms with Crippen LogP contribution in [0.2, 0.25) is 5.02 Å². The number of nitrogens with two attached hydrogens (primary N) is 1. The first-order valence-electron chi connectivity index (χ1n) is 5.70. The van der Waals surface area contributed by atoms with Gasteiger partial charge in [-0.05, 0) is 31.5 Å². The van der Waals surface area contributed by atoms with Gasteiger partial charge in [0, 0.05) is 0 Å². The fourth-order valence-corrected chi connectivity index (χ4v) is 2.03. The average molecular weight is 294 g/mol. The summed E-state index contributed by atoms with van der Waals surface area (Å²) in [5, 5.41) is 14.4. The number of hydrogen-bond donors (Lipinski definition) is 2. The zero-order valence-corrected chi connectivity index (χ0v) is 11.6. The molecule has 1 aromatic carbocycles. The van der Waals surface area contributed by atoms with Crippen molar-refractivity contribution in [3.63, 3.8) is 0 Å². The van der Waals surface area contributed by atoms with Crippen molar-refractivity contribution in [2.75, 3.05) is 11.1 Å². The molecule has 3 N–H and O–H groups in total. The molecule has 0 saturated carbocycles. The predicted molar refractivity (Wildman–Crippen MR) is 77.3 cm³/mol. The van der Waals surface area contributed by atoms with E-state index in [1.165, 1.54) is 6.92 Å². The number of nitrogens with zero attached hydrogens (tertiary/aromatic N) is 3. The standard InChI is InChI=1S/C12H12ClN5O2/c1-6-3-4-9(8(13)5-6)16-11-10(18(19)20)7(2)15-12(14)17-11/h3-5H,1-2H3,(H3,14,15,16,17). The Kier molecular flexibility index (Phi) is 3.71. The van der Waals surface area contributed by atoms with E-state index >= 15 is 0 Å². The molecule has 0 unspecified atom stereocenters. The number of hydrogen-bond acceptors (Lipinski definition) is 6. The summed E-state index contributed by atoms with van der Waals surface area (Å²) < 4.78 is 0. The molecule has 0 spiro atoms. The predicted octanol–water partition coefficient (Wildman–Crippen LogP) is 2.98. The maximum atomic E-state index is 11.1. The molecule has 104 valence electrons. The van der Waals surface area contributed by atoms with Crippen LogP contribution in [0.25, 0.3) is 0 Å². The van der Waals surface area contributed by atoms with Gasteiger partial charge < -0.3 is 11.1 Å². The number of benzene rings is 1. The Morgan fingerprint density at radius 1 is 1.35 bits per heavy atom. The van der Waals surface area contributed by atoms with Gasteiger partial charge >= 0.3 is 5.69 Å². The highest BCUT2D eigenvalue weighted by Crippen LogP contribution is 2.31. The van der Waals surface area contributed by atoms with Gasteiger partial charge in [0.05, 0.1) is 15.6 Å². The fourth-order valence-electron chi connectivity index (χ4n) is 1.74. The lowest BCUT2D eigenvalue weighted by Crippen LogP contribution is -2.07. The minimum atomic E-state index is -0.556. The molecule has 0 radical (unpaired) electrons. The summed E-state index contributed by atoms with van der Waals surface area (Å²) in [6, 6.07) is 5.29. The van der Waals surface area contributed by atoms with Crippen molar-refractivity contribution < 1.29 is 4.92 Å². The molecule has 2 rings (SSSR count). The molecule has 0 amide bonds. The Hall–Kier alpha value is -2.41. The maximum Gasteiger partial charge on any atom is 0.332 e. The first-order chi connectivity index (χ1) is 9.38. The van der Waals surface area contributed by atoms with Gasteiger partial charge in [0.15, 0.2) is 0 Å². The quantitative estimate of drug-likeness (QED) is 0.665. The van der Waals surface area contributed by atoms with Gasteiger partial charge in [0.2, 0.25) is 11.8 Å². The second kappa shape index (κ2) is 5.30. The van der Waals surface area contributed by atoms with Crippen molar-refractivity contribution in [2.45, 2.75) is 13.8 Å². The van der Waals surface area contributed by atoms with E-state index in [-0.39, 0.29) is 23.1 Å². The number of nitrogens with one attached hydrogen (secondary N) is 1. The van der Waals surface area contributed by atoms with Crippen molar-refractivity contribution in [2.24, 2.45) is 0 Å². The third-order valence-electron chi connectivity index (χ3n) is 2.64. The minimum absolute atomic E-state index is 0.0192. The van der Waals surface area contributed by atoms with Gasteiger partial charge in [-0.1, -0.05) is 17.7 Å². The van der Waals surface area contributed by atoms with Crippen molar-refractivity contribution in [1.82, 2.24) is 9.97 Å². The number of nitrogen functional groups attached to an aromatic ring is 1. The van der Waals surface area contributed by atoms with E-state index in [0.29, 0.717) is 10.7 Å². The summed E-state index contributed by atoms with van der Waals surface area (Å²) in [6.07, 6.45) is 0. The Bertz CT molecular complexity index is 690. The SMILES string of the molecule is Cc1ccc(Nc2nc(N)nc(C)c2[N+](=O)[O-])c(Cl)c1. The average Bonchev–Trinajstić information content (AvgIpc) is 2.31. The van der Waals surface area contributed by atoms with E-state index in [4.69, 9.17) is 17.3 Å². The summed E-state index contributed by atoms with van der Waals surface area (Å²) in [6.45, 7) is 3.39. The Balaban J connectivity index is 2.50. The highest BCUT2D eigenvalue weighted by atomic mass is 35.5. The van der Waals surface area contributed by atoms with Crippen molar-refractivity contribution in [1.29, 1.82) is 0 Å². The lowest BCUT2D eigenvalue weighted by Gasteiger charge is -2.10. The Morgan fingerprint density at radius 3 is 2.65 bits per heavy atom. The zero-order chi connectivity index (χ0) is 14.9. The van der Waals surface area contributed by atoms with Crippen LogP contribution in [0.3, 0.4) is 0 Å². The highest BCUT2D eigenvalue weighted by Gasteiger charge is 2.22. The molecule has 1 aromatic heterocycles. The summed E-state index contributed by atoms with van der Waals surface area (Å²) in [4.78, 5) is 18.2. The van der Waals surface area contributed by atoms with Crippen LogP contribution in [0.4, 0.5) is 23.1 Å². The van der Waals surface area contributed by atoms with Crippen LogP contribution in [0.5, 0.6) is 0 Å². The van der Waals surface area contributed by atoms with E-state index in [1.807, 2.05) is 13.0 Å². The topological polar surface area (TPSA) is 107 Å². The number of rotatable bonds is 3.